The van der Waals surface area contributed by atoms with Crippen LogP contribution in [0, 0.1) is 17.1 Å². The van der Waals surface area contributed by atoms with Gasteiger partial charge in [-0.25, -0.2) is 24.1 Å². The third-order valence-corrected chi connectivity index (χ3v) is 6.44. The number of hydrogen-bond donors (Lipinski definition) is 2. The number of anilines is 3. The van der Waals surface area contributed by atoms with E-state index in [2.05, 4.69) is 25.2 Å². The highest BCUT2D eigenvalue weighted by Crippen LogP contribution is 2.33. The molecule has 4 rings (SSSR count). The lowest BCUT2D eigenvalue weighted by Gasteiger charge is -2.31. The summed E-state index contributed by atoms with van der Waals surface area (Å²) in [7, 11) is 1.97. The first-order valence-corrected chi connectivity index (χ1v) is 12.7. The van der Waals surface area contributed by atoms with Gasteiger partial charge >= 0.3 is 5.97 Å². The standard InChI is InChI=1S/C28H33FN6O3/c1-5-38-27(36)23-14-22(18-15-31-28(32-16-18)35(4)21-9-11-37-12-10-21)24(25(30)17(2)3)26(34-23)33-20-8-6-7-19(29)13-20/h6-8,13-17,21,30H,5,9-12H2,1-4H3,(H,33,34). The molecule has 0 atom stereocenters. The minimum Gasteiger partial charge on any atom is -0.461 e. The van der Waals surface area contributed by atoms with Crippen molar-refractivity contribution in [2.45, 2.75) is 39.7 Å². The van der Waals surface area contributed by atoms with Gasteiger partial charge in [0.05, 0.1) is 6.61 Å². The van der Waals surface area contributed by atoms with Crippen molar-refractivity contribution in [2.75, 3.05) is 37.1 Å². The Bertz CT molecular complexity index is 1290. The third kappa shape index (κ3) is 6.13. The summed E-state index contributed by atoms with van der Waals surface area (Å²) in [5.74, 6) is -0.348. The van der Waals surface area contributed by atoms with Gasteiger partial charge in [0.15, 0.2) is 5.69 Å². The number of esters is 1. The molecule has 2 aromatic heterocycles. The summed E-state index contributed by atoms with van der Waals surface area (Å²) in [6.45, 7) is 7.13. The van der Waals surface area contributed by atoms with Gasteiger partial charge in [0, 0.05) is 61.2 Å². The van der Waals surface area contributed by atoms with Gasteiger partial charge in [-0.15, -0.1) is 0 Å². The molecule has 0 radical (unpaired) electrons. The summed E-state index contributed by atoms with van der Waals surface area (Å²) >= 11 is 0. The normalized spacial score (nSPS) is 13.8. The van der Waals surface area contributed by atoms with Crippen LogP contribution in [0.25, 0.3) is 11.1 Å². The van der Waals surface area contributed by atoms with Crippen molar-refractivity contribution in [2.24, 2.45) is 5.92 Å². The molecule has 1 aliphatic rings. The summed E-state index contributed by atoms with van der Waals surface area (Å²) in [6.07, 6.45) is 5.18. The Hall–Kier alpha value is -3.92. The highest BCUT2D eigenvalue weighted by molar-refractivity contribution is 6.10. The van der Waals surface area contributed by atoms with E-state index in [4.69, 9.17) is 14.9 Å². The van der Waals surface area contributed by atoms with Crippen LogP contribution in [0.2, 0.25) is 0 Å². The van der Waals surface area contributed by atoms with E-state index in [0.29, 0.717) is 47.3 Å². The van der Waals surface area contributed by atoms with Crippen LogP contribution in [0.4, 0.5) is 21.8 Å². The van der Waals surface area contributed by atoms with Gasteiger partial charge in [0.2, 0.25) is 5.95 Å². The largest absolute Gasteiger partial charge is 0.461 e. The maximum absolute atomic E-state index is 13.9. The highest BCUT2D eigenvalue weighted by Gasteiger charge is 2.25. The van der Waals surface area contributed by atoms with Gasteiger partial charge in [-0.05, 0) is 55.5 Å². The minimum absolute atomic E-state index is 0.0597. The molecule has 38 heavy (non-hydrogen) atoms. The summed E-state index contributed by atoms with van der Waals surface area (Å²) in [6, 6.07) is 7.81. The number of ether oxygens (including phenoxy) is 2. The molecular weight excluding hydrogens is 487 g/mol. The molecule has 0 unspecified atom stereocenters. The zero-order valence-corrected chi connectivity index (χ0v) is 22.1. The number of hydrogen-bond acceptors (Lipinski definition) is 9. The van der Waals surface area contributed by atoms with Gasteiger partial charge in [-0.1, -0.05) is 19.9 Å². The molecule has 3 heterocycles. The fourth-order valence-corrected chi connectivity index (χ4v) is 4.32. The molecule has 1 fully saturated rings. The number of halogens is 1. The van der Waals surface area contributed by atoms with Crippen LogP contribution in [-0.4, -0.2) is 59.5 Å². The SMILES string of the molecule is CCOC(=O)c1cc(-c2cnc(N(C)C3CCOCC3)nc2)c(C(=N)C(C)C)c(Nc2cccc(F)c2)n1. The lowest BCUT2D eigenvalue weighted by molar-refractivity contribution is 0.0519. The quantitative estimate of drug-likeness (QED) is 0.291. The van der Waals surface area contributed by atoms with Gasteiger partial charge < -0.3 is 25.1 Å². The van der Waals surface area contributed by atoms with Crippen molar-refractivity contribution in [1.29, 1.82) is 5.41 Å². The Morgan fingerprint density at radius 3 is 2.58 bits per heavy atom. The van der Waals surface area contributed by atoms with E-state index >= 15 is 0 Å². The molecule has 0 saturated carbocycles. The number of rotatable bonds is 9. The van der Waals surface area contributed by atoms with Crippen molar-refractivity contribution in [3.8, 4) is 11.1 Å². The average Bonchev–Trinajstić information content (AvgIpc) is 2.92. The van der Waals surface area contributed by atoms with Crippen LogP contribution in [-0.2, 0) is 9.47 Å². The molecule has 3 aromatic rings. The van der Waals surface area contributed by atoms with E-state index in [0.717, 1.165) is 12.8 Å². The zero-order valence-electron chi connectivity index (χ0n) is 22.1. The van der Waals surface area contributed by atoms with Crippen LogP contribution in [0.15, 0.2) is 42.7 Å². The predicted octanol–water partition coefficient (Wildman–Crippen LogP) is 5.24. The van der Waals surface area contributed by atoms with E-state index in [-0.39, 0.29) is 30.1 Å². The summed E-state index contributed by atoms with van der Waals surface area (Å²) < 4.78 is 24.6. The molecule has 1 saturated heterocycles. The van der Waals surface area contributed by atoms with E-state index in [1.807, 2.05) is 20.9 Å². The second-order valence-electron chi connectivity index (χ2n) is 9.43. The van der Waals surface area contributed by atoms with Crippen LogP contribution in [0.5, 0.6) is 0 Å². The molecule has 0 amide bonds. The number of carbonyl (C=O) groups is 1. The molecule has 0 bridgehead atoms. The zero-order chi connectivity index (χ0) is 27.2. The van der Waals surface area contributed by atoms with Crippen LogP contribution in [0.3, 0.4) is 0 Å². The average molecular weight is 521 g/mol. The van der Waals surface area contributed by atoms with Gasteiger partial charge in [0.1, 0.15) is 11.6 Å². The molecule has 2 N–H and O–H groups in total. The number of nitrogens with one attached hydrogen (secondary N) is 2. The molecule has 1 aliphatic heterocycles. The Kier molecular flexibility index (Phi) is 8.62. The van der Waals surface area contributed by atoms with Crippen molar-refractivity contribution in [3.05, 3.63) is 59.8 Å². The third-order valence-electron chi connectivity index (χ3n) is 6.44. The van der Waals surface area contributed by atoms with Crippen molar-refractivity contribution in [1.82, 2.24) is 15.0 Å². The van der Waals surface area contributed by atoms with E-state index in [9.17, 15) is 9.18 Å². The molecule has 200 valence electrons. The Morgan fingerprint density at radius 1 is 1.24 bits per heavy atom. The molecule has 0 spiro atoms. The first kappa shape index (κ1) is 27.1. The predicted molar refractivity (Wildman–Crippen MR) is 145 cm³/mol. The van der Waals surface area contributed by atoms with E-state index < -0.39 is 11.8 Å². The molecule has 9 nitrogen and oxygen atoms in total. The maximum atomic E-state index is 13.9. The van der Waals surface area contributed by atoms with Crippen LogP contribution >= 0.6 is 0 Å². The summed E-state index contributed by atoms with van der Waals surface area (Å²) in [5.41, 5.74) is 2.44. The Balaban J connectivity index is 1.82. The minimum atomic E-state index is -0.601. The molecule has 1 aromatic carbocycles. The first-order valence-electron chi connectivity index (χ1n) is 12.7. The number of pyridine rings is 1. The van der Waals surface area contributed by atoms with Crippen LogP contribution < -0.4 is 10.2 Å². The smallest absolute Gasteiger partial charge is 0.357 e. The van der Waals surface area contributed by atoms with E-state index in [1.54, 1.807) is 37.5 Å². The fraction of sp³-hybridized carbons (Fsp3) is 0.393. The number of carbonyl (C=O) groups excluding carboxylic acids is 1. The second-order valence-corrected chi connectivity index (χ2v) is 9.43. The Labute approximate surface area is 221 Å². The van der Waals surface area contributed by atoms with Gasteiger partial charge in [-0.3, -0.25) is 0 Å². The highest BCUT2D eigenvalue weighted by atomic mass is 19.1. The van der Waals surface area contributed by atoms with Crippen LogP contribution in [0.1, 0.15) is 49.7 Å². The Morgan fingerprint density at radius 2 is 1.95 bits per heavy atom. The first-order chi connectivity index (χ1) is 18.3. The maximum Gasteiger partial charge on any atom is 0.357 e. The van der Waals surface area contributed by atoms with Gasteiger partial charge in [0.25, 0.3) is 0 Å². The van der Waals surface area contributed by atoms with E-state index in [1.165, 1.54) is 12.1 Å². The van der Waals surface area contributed by atoms with Crippen molar-refractivity contribution >= 4 is 29.1 Å². The summed E-state index contributed by atoms with van der Waals surface area (Å²) in [4.78, 5) is 28.5. The fourth-order valence-electron chi connectivity index (χ4n) is 4.32. The van der Waals surface area contributed by atoms with Crippen molar-refractivity contribution in [3.63, 3.8) is 0 Å². The monoisotopic (exact) mass is 520 g/mol. The lowest BCUT2D eigenvalue weighted by atomic mass is 9.92. The number of aromatic nitrogens is 3. The second kappa shape index (κ2) is 12.1. The lowest BCUT2D eigenvalue weighted by Crippen LogP contribution is -2.37. The topological polar surface area (TPSA) is 113 Å². The summed E-state index contributed by atoms with van der Waals surface area (Å²) in [5, 5.41) is 12.0. The molecular formula is C28H33FN6O3. The molecule has 0 aliphatic carbocycles. The van der Waals surface area contributed by atoms with Crippen molar-refractivity contribution < 1.29 is 18.7 Å². The number of nitrogens with zero attached hydrogens (tertiary/aromatic N) is 4. The molecule has 10 heteroatoms. The van der Waals surface area contributed by atoms with Gasteiger partial charge in [-0.2, -0.15) is 0 Å². The number of benzene rings is 1.